The monoisotopic (exact) mass is 270 g/mol. The van der Waals surface area contributed by atoms with Gasteiger partial charge in [-0.05, 0) is 36.6 Å². The maximum Gasteiger partial charge on any atom is 0.310 e. The van der Waals surface area contributed by atoms with E-state index >= 15 is 0 Å². The van der Waals surface area contributed by atoms with E-state index in [1.165, 1.54) is 0 Å². The van der Waals surface area contributed by atoms with Crippen LogP contribution in [-0.2, 0) is 11.4 Å². The summed E-state index contributed by atoms with van der Waals surface area (Å²) in [5.41, 5.74) is 2.84. The first-order chi connectivity index (χ1) is 9.58. The van der Waals surface area contributed by atoms with Crippen LogP contribution in [0.15, 0.2) is 48.5 Å². The molecule has 1 unspecified atom stereocenters. The van der Waals surface area contributed by atoms with Crippen molar-refractivity contribution in [2.45, 2.75) is 26.4 Å². The molecule has 0 aliphatic rings. The van der Waals surface area contributed by atoms with Gasteiger partial charge in [-0.15, -0.1) is 0 Å². The van der Waals surface area contributed by atoms with E-state index in [0.717, 1.165) is 22.4 Å². The van der Waals surface area contributed by atoms with Crippen molar-refractivity contribution >= 4 is 5.97 Å². The van der Waals surface area contributed by atoms with E-state index in [0.29, 0.717) is 6.61 Å². The molecule has 0 amide bonds. The number of carbonyl (C=O) groups is 1. The second-order valence-corrected chi connectivity index (χ2v) is 4.86. The number of carboxylic acid groups (broad SMARTS) is 1. The molecular formula is C17H18O3. The minimum atomic E-state index is -0.831. The van der Waals surface area contributed by atoms with Crippen molar-refractivity contribution in [2.24, 2.45) is 0 Å². The fourth-order valence-electron chi connectivity index (χ4n) is 1.92. The summed E-state index contributed by atoms with van der Waals surface area (Å²) in [5.74, 6) is -0.628. The molecule has 2 aromatic carbocycles. The predicted molar refractivity (Wildman–Crippen MR) is 78.0 cm³/mol. The Morgan fingerprint density at radius 3 is 2.55 bits per heavy atom. The summed E-state index contributed by atoms with van der Waals surface area (Å²) >= 11 is 0. The van der Waals surface area contributed by atoms with Crippen molar-refractivity contribution < 1.29 is 14.6 Å². The molecule has 0 fully saturated rings. The van der Waals surface area contributed by atoms with Gasteiger partial charge in [-0.2, -0.15) is 0 Å². The van der Waals surface area contributed by atoms with Gasteiger partial charge >= 0.3 is 5.97 Å². The molecule has 0 aliphatic carbocycles. The van der Waals surface area contributed by atoms with Crippen LogP contribution in [0.1, 0.15) is 29.5 Å². The number of benzene rings is 2. The smallest absolute Gasteiger partial charge is 0.310 e. The van der Waals surface area contributed by atoms with Gasteiger partial charge < -0.3 is 9.84 Å². The third-order valence-corrected chi connectivity index (χ3v) is 3.32. The molecule has 0 radical (unpaired) electrons. The Morgan fingerprint density at radius 2 is 1.90 bits per heavy atom. The fourth-order valence-corrected chi connectivity index (χ4v) is 1.92. The number of hydrogen-bond acceptors (Lipinski definition) is 2. The van der Waals surface area contributed by atoms with E-state index in [-0.39, 0.29) is 0 Å². The Balaban J connectivity index is 2.15. The molecular weight excluding hydrogens is 252 g/mol. The standard InChI is InChI=1S/C17H18O3/c1-12-8-9-15(13(2)17(18)19)10-16(12)20-11-14-6-4-3-5-7-14/h3-10,13H,11H2,1-2H3,(H,18,19). The lowest BCUT2D eigenvalue weighted by molar-refractivity contribution is -0.138. The predicted octanol–water partition coefficient (Wildman–Crippen LogP) is 3.76. The summed E-state index contributed by atoms with van der Waals surface area (Å²) in [5, 5.41) is 9.06. The number of carboxylic acids is 1. The number of aliphatic carboxylic acids is 1. The molecule has 0 aromatic heterocycles. The van der Waals surface area contributed by atoms with Gasteiger partial charge in [-0.3, -0.25) is 4.79 Å². The Morgan fingerprint density at radius 1 is 1.20 bits per heavy atom. The van der Waals surface area contributed by atoms with E-state index in [1.54, 1.807) is 6.92 Å². The molecule has 3 nitrogen and oxygen atoms in total. The van der Waals surface area contributed by atoms with E-state index in [4.69, 9.17) is 9.84 Å². The van der Waals surface area contributed by atoms with Gasteiger partial charge in [0.05, 0.1) is 5.92 Å². The first-order valence-electron chi connectivity index (χ1n) is 6.58. The maximum atomic E-state index is 11.0. The number of ether oxygens (including phenoxy) is 1. The largest absolute Gasteiger partial charge is 0.489 e. The van der Waals surface area contributed by atoms with E-state index < -0.39 is 11.9 Å². The average Bonchev–Trinajstić information content (AvgIpc) is 2.46. The van der Waals surface area contributed by atoms with Crippen molar-refractivity contribution in [3.8, 4) is 5.75 Å². The van der Waals surface area contributed by atoms with Gasteiger partial charge in [-0.1, -0.05) is 42.5 Å². The van der Waals surface area contributed by atoms with Crippen molar-refractivity contribution in [1.82, 2.24) is 0 Å². The molecule has 2 aromatic rings. The fraction of sp³-hybridized carbons (Fsp3) is 0.235. The lowest BCUT2D eigenvalue weighted by atomic mass is 10.00. The van der Waals surface area contributed by atoms with Crippen molar-refractivity contribution in [2.75, 3.05) is 0 Å². The Labute approximate surface area is 118 Å². The average molecular weight is 270 g/mol. The minimum absolute atomic E-state index is 0.479. The molecule has 104 valence electrons. The Kier molecular flexibility index (Phi) is 4.41. The summed E-state index contributed by atoms with van der Waals surface area (Å²) in [6.07, 6.45) is 0. The lowest BCUT2D eigenvalue weighted by Gasteiger charge is -2.13. The third-order valence-electron chi connectivity index (χ3n) is 3.32. The summed E-state index contributed by atoms with van der Waals surface area (Å²) in [4.78, 5) is 11.0. The highest BCUT2D eigenvalue weighted by Crippen LogP contribution is 2.25. The van der Waals surface area contributed by atoms with Crippen LogP contribution in [0.25, 0.3) is 0 Å². The van der Waals surface area contributed by atoms with Gasteiger partial charge in [0, 0.05) is 0 Å². The van der Waals surface area contributed by atoms with Crippen LogP contribution in [0.5, 0.6) is 5.75 Å². The summed E-state index contributed by atoms with van der Waals surface area (Å²) in [6.45, 7) is 4.11. The lowest BCUT2D eigenvalue weighted by Crippen LogP contribution is -2.08. The molecule has 2 rings (SSSR count). The Hall–Kier alpha value is -2.29. The summed E-state index contributed by atoms with van der Waals surface area (Å²) < 4.78 is 5.80. The zero-order valence-corrected chi connectivity index (χ0v) is 11.7. The number of rotatable bonds is 5. The molecule has 20 heavy (non-hydrogen) atoms. The van der Waals surface area contributed by atoms with Gasteiger partial charge in [0.25, 0.3) is 0 Å². The second kappa shape index (κ2) is 6.24. The molecule has 0 saturated heterocycles. The first-order valence-corrected chi connectivity index (χ1v) is 6.58. The summed E-state index contributed by atoms with van der Waals surface area (Å²) in [6, 6.07) is 15.4. The zero-order chi connectivity index (χ0) is 14.5. The van der Waals surface area contributed by atoms with Crippen molar-refractivity contribution in [1.29, 1.82) is 0 Å². The van der Waals surface area contributed by atoms with Crippen LogP contribution in [0.4, 0.5) is 0 Å². The zero-order valence-electron chi connectivity index (χ0n) is 11.7. The second-order valence-electron chi connectivity index (χ2n) is 4.86. The molecule has 3 heteroatoms. The van der Waals surface area contributed by atoms with Gasteiger partial charge in [0.15, 0.2) is 0 Å². The quantitative estimate of drug-likeness (QED) is 0.899. The number of aryl methyl sites for hydroxylation is 1. The van der Waals surface area contributed by atoms with Crippen LogP contribution in [0, 0.1) is 6.92 Å². The van der Waals surface area contributed by atoms with Crippen molar-refractivity contribution in [3.05, 3.63) is 65.2 Å². The van der Waals surface area contributed by atoms with Crippen LogP contribution in [0.2, 0.25) is 0 Å². The van der Waals surface area contributed by atoms with E-state index in [2.05, 4.69) is 0 Å². The Bertz CT molecular complexity index is 590. The minimum Gasteiger partial charge on any atom is -0.489 e. The SMILES string of the molecule is Cc1ccc(C(C)C(=O)O)cc1OCc1ccccc1. The third kappa shape index (κ3) is 3.38. The molecule has 1 N–H and O–H groups in total. The first kappa shape index (κ1) is 14.1. The van der Waals surface area contributed by atoms with E-state index in [1.807, 2.05) is 55.5 Å². The molecule has 0 bridgehead atoms. The molecule has 0 aliphatic heterocycles. The van der Waals surface area contributed by atoms with Crippen LogP contribution in [-0.4, -0.2) is 11.1 Å². The van der Waals surface area contributed by atoms with Crippen LogP contribution in [0.3, 0.4) is 0 Å². The van der Waals surface area contributed by atoms with Gasteiger partial charge in [0.2, 0.25) is 0 Å². The highest BCUT2D eigenvalue weighted by Gasteiger charge is 2.15. The number of hydrogen-bond donors (Lipinski definition) is 1. The maximum absolute atomic E-state index is 11.0. The van der Waals surface area contributed by atoms with Crippen molar-refractivity contribution in [3.63, 3.8) is 0 Å². The van der Waals surface area contributed by atoms with Crippen LogP contribution >= 0.6 is 0 Å². The van der Waals surface area contributed by atoms with Crippen LogP contribution < -0.4 is 4.74 Å². The summed E-state index contributed by atoms with van der Waals surface area (Å²) in [7, 11) is 0. The molecule has 0 saturated carbocycles. The normalized spacial score (nSPS) is 11.9. The highest BCUT2D eigenvalue weighted by molar-refractivity contribution is 5.75. The van der Waals surface area contributed by atoms with Gasteiger partial charge in [-0.25, -0.2) is 0 Å². The molecule has 0 heterocycles. The topological polar surface area (TPSA) is 46.5 Å². The molecule has 0 spiro atoms. The van der Waals surface area contributed by atoms with E-state index in [9.17, 15) is 4.79 Å². The van der Waals surface area contributed by atoms with Gasteiger partial charge in [0.1, 0.15) is 12.4 Å². The highest BCUT2D eigenvalue weighted by atomic mass is 16.5. The molecule has 1 atom stereocenters.